The molecule has 1 atom stereocenters. The highest BCUT2D eigenvalue weighted by Gasteiger charge is 2.35. The van der Waals surface area contributed by atoms with Crippen LogP contribution in [0.2, 0.25) is 0 Å². The third-order valence-electron chi connectivity index (χ3n) is 5.36. The van der Waals surface area contributed by atoms with Gasteiger partial charge in [-0.25, -0.2) is 9.80 Å². The summed E-state index contributed by atoms with van der Waals surface area (Å²) in [6, 6.07) is 17.2. The van der Waals surface area contributed by atoms with Gasteiger partial charge in [-0.2, -0.15) is 5.10 Å². The third-order valence-corrected chi connectivity index (χ3v) is 5.36. The Bertz CT molecular complexity index is 1160. The lowest BCUT2D eigenvalue weighted by Crippen LogP contribution is -2.31. The van der Waals surface area contributed by atoms with E-state index < -0.39 is 24.5 Å². The fourth-order valence-electron chi connectivity index (χ4n) is 3.68. The zero-order valence-corrected chi connectivity index (χ0v) is 18.6. The highest BCUT2D eigenvalue weighted by atomic mass is 16.5. The number of nitrogens with one attached hydrogen (secondary N) is 1. The van der Waals surface area contributed by atoms with E-state index in [9.17, 15) is 9.59 Å². The number of para-hydroxylation sites is 1. The first-order valence-corrected chi connectivity index (χ1v) is 10.8. The number of rotatable bonds is 9. The minimum Gasteiger partial charge on any atom is -0.497 e. The molecule has 0 saturated carbocycles. The van der Waals surface area contributed by atoms with E-state index in [1.165, 1.54) is 5.01 Å². The highest BCUT2D eigenvalue weighted by Crippen LogP contribution is 2.33. The molecule has 0 unspecified atom stereocenters. The monoisotopic (exact) mass is 463 g/mol. The lowest BCUT2D eigenvalue weighted by atomic mass is 10.0. The normalized spacial score (nSPS) is 15.1. The molecule has 0 fully saturated rings. The van der Waals surface area contributed by atoms with Gasteiger partial charge in [-0.1, -0.05) is 12.1 Å². The number of anilines is 1. The Hall–Kier alpha value is -4.11. The van der Waals surface area contributed by atoms with Crippen LogP contribution in [0.3, 0.4) is 0 Å². The number of esters is 1. The largest absolute Gasteiger partial charge is 0.497 e. The van der Waals surface area contributed by atoms with Crippen molar-refractivity contribution in [2.45, 2.75) is 12.5 Å². The molecule has 0 spiro atoms. The number of amides is 1. The second kappa shape index (κ2) is 10.7. The second-order valence-electron chi connectivity index (χ2n) is 7.52. The fourth-order valence-corrected chi connectivity index (χ4v) is 3.68. The van der Waals surface area contributed by atoms with E-state index in [0.717, 1.165) is 11.3 Å². The van der Waals surface area contributed by atoms with Crippen molar-refractivity contribution in [2.75, 3.05) is 32.2 Å². The summed E-state index contributed by atoms with van der Waals surface area (Å²) in [5.41, 5.74) is 2.36. The molecule has 34 heavy (non-hydrogen) atoms. The fraction of sp³-hybridized carbons (Fsp3) is 0.240. The maximum Gasteiger partial charge on any atom is 0.340 e. The van der Waals surface area contributed by atoms with Crippen LogP contribution in [0.15, 0.2) is 76.4 Å². The van der Waals surface area contributed by atoms with Crippen LogP contribution in [0.5, 0.6) is 5.75 Å². The van der Waals surface area contributed by atoms with Crippen LogP contribution in [-0.2, 0) is 9.53 Å². The molecule has 9 nitrogen and oxygen atoms in total. The molecule has 2 aromatic carbocycles. The van der Waals surface area contributed by atoms with Gasteiger partial charge in [0.15, 0.2) is 6.61 Å². The quantitative estimate of drug-likeness (QED) is 0.469. The Morgan fingerprint density at radius 3 is 2.65 bits per heavy atom. The van der Waals surface area contributed by atoms with Gasteiger partial charge < -0.3 is 24.3 Å². The summed E-state index contributed by atoms with van der Waals surface area (Å²) in [6.45, 7) is -0.284. The molecule has 0 bridgehead atoms. The summed E-state index contributed by atoms with van der Waals surface area (Å²) in [5.74, 6) is 0.186. The van der Waals surface area contributed by atoms with Crippen LogP contribution in [-0.4, -0.2) is 54.6 Å². The van der Waals surface area contributed by atoms with Crippen LogP contribution in [0, 0.1) is 0 Å². The number of methoxy groups -OCH3 is 1. The molecule has 2 N–H and O–H groups in total. The molecule has 176 valence electrons. The second-order valence-corrected chi connectivity index (χ2v) is 7.52. The number of ether oxygens (including phenoxy) is 2. The van der Waals surface area contributed by atoms with Gasteiger partial charge in [-0.15, -0.1) is 0 Å². The Labute approximate surface area is 196 Å². The Kier molecular flexibility index (Phi) is 7.24. The zero-order valence-electron chi connectivity index (χ0n) is 18.6. The molecule has 1 aliphatic rings. The molecule has 2 heterocycles. The Morgan fingerprint density at radius 1 is 1.15 bits per heavy atom. The predicted octanol–water partition coefficient (Wildman–Crippen LogP) is 3.23. The molecule has 1 amide bonds. The van der Waals surface area contributed by atoms with Crippen molar-refractivity contribution >= 4 is 23.3 Å². The third kappa shape index (κ3) is 5.10. The molecule has 9 heteroatoms. The number of aliphatic hydroxyl groups excluding tert-OH is 1. The molecule has 1 aromatic heterocycles. The van der Waals surface area contributed by atoms with Gasteiger partial charge in [0, 0.05) is 18.7 Å². The van der Waals surface area contributed by atoms with Crippen LogP contribution in [0.4, 0.5) is 5.69 Å². The average molecular weight is 463 g/mol. The van der Waals surface area contributed by atoms with Crippen LogP contribution in [0.25, 0.3) is 0 Å². The average Bonchev–Trinajstić information content (AvgIpc) is 3.56. The molecule has 0 radical (unpaired) electrons. The minimum atomic E-state index is -0.650. The molecule has 0 saturated heterocycles. The van der Waals surface area contributed by atoms with Gasteiger partial charge >= 0.3 is 5.97 Å². The predicted molar refractivity (Wildman–Crippen MR) is 125 cm³/mol. The summed E-state index contributed by atoms with van der Waals surface area (Å²) in [5, 5.41) is 17.8. The maximum atomic E-state index is 13.1. The minimum absolute atomic E-state index is 0.0838. The first-order valence-electron chi connectivity index (χ1n) is 10.8. The lowest BCUT2D eigenvalue weighted by Gasteiger charge is -2.20. The van der Waals surface area contributed by atoms with Crippen molar-refractivity contribution in [1.82, 2.24) is 5.01 Å². The Balaban J connectivity index is 1.49. The van der Waals surface area contributed by atoms with E-state index in [1.807, 2.05) is 24.3 Å². The van der Waals surface area contributed by atoms with Crippen LogP contribution >= 0.6 is 0 Å². The first kappa shape index (κ1) is 23.1. The van der Waals surface area contributed by atoms with Crippen molar-refractivity contribution in [1.29, 1.82) is 0 Å². The van der Waals surface area contributed by atoms with Crippen LogP contribution in [0.1, 0.15) is 34.1 Å². The van der Waals surface area contributed by atoms with Gasteiger partial charge in [0.05, 0.1) is 31.3 Å². The van der Waals surface area contributed by atoms with Gasteiger partial charge in [0.25, 0.3) is 5.91 Å². The molecule has 0 aliphatic carbocycles. The van der Waals surface area contributed by atoms with Crippen molar-refractivity contribution in [3.8, 4) is 5.75 Å². The molecule has 3 aromatic rings. The van der Waals surface area contributed by atoms with Crippen molar-refractivity contribution < 1.29 is 28.6 Å². The van der Waals surface area contributed by atoms with E-state index in [4.69, 9.17) is 19.0 Å². The topological polar surface area (TPSA) is 114 Å². The molecule has 1 aliphatic heterocycles. The SMILES string of the molecule is COc1ccc(C2=NN(C(=O)COC(=O)c3ccccc3NCCO)[C@H](c3ccco3)C2)cc1. The zero-order chi connectivity index (χ0) is 23.9. The van der Waals surface area contributed by atoms with E-state index in [0.29, 0.717) is 23.6 Å². The molecule has 4 rings (SSSR count). The number of benzene rings is 2. The van der Waals surface area contributed by atoms with Gasteiger partial charge in [0.1, 0.15) is 17.6 Å². The number of carbonyl (C=O) groups excluding carboxylic acids is 2. The number of carbonyl (C=O) groups is 2. The number of aliphatic hydroxyl groups is 1. The highest BCUT2D eigenvalue weighted by molar-refractivity contribution is 6.03. The van der Waals surface area contributed by atoms with Gasteiger partial charge in [-0.05, 0) is 54.1 Å². The number of hydrogen-bond acceptors (Lipinski definition) is 8. The van der Waals surface area contributed by atoms with Gasteiger partial charge in [-0.3, -0.25) is 4.79 Å². The number of hydrogen-bond donors (Lipinski definition) is 2. The standard InChI is InChI=1S/C25H25N3O6/c1-32-18-10-8-17(9-11-18)21-15-22(23-7-4-14-33-23)28(27-21)24(30)16-34-25(31)19-5-2-3-6-20(19)26-12-13-29/h2-11,14,22,26,29H,12-13,15-16H2,1H3/t22-/m0/s1. The lowest BCUT2D eigenvalue weighted by molar-refractivity contribution is -0.136. The van der Waals surface area contributed by atoms with Crippen molar-refractivity contribution in [2.24, 2.45) is 5.10 Å². The van der Waals surface area contributed by atoms with Crippen molar-refractivity contribution in [3.63, 3.8) is 0 Å². The number of furan rings is 1. The maximum absolute atomic E-state index is 13.1. The first-order chi connectivity index (χ1) is 16.6. The molecular weight excluding hydrogens is 438 g/mol. The summed E-state index contributed by atoms with van der Waals surface area (Å²) in [6.07, 6.45) is 1.99. The van der Waals surface area contributed by atoms with E-state index >= 15 is 0 Å². The van der Waals surface area contributed by atoms with E-state index in [2.05, 4.69) is 10.4 Å². The Morgan fingerprint density at radius 2 is 1.94 bits per heavy atom. The summed E-state index contributed by atoms with van der Waals surface area (Å²) in [4.78, 5) is 25.7. The van der Waals surface area contributed by atoms with Gasteiger partial charge in [0.2, 0.25) is 0 Å². The van der Waals surface area contributed by atoms with Crippen molar-refractivity contribution in [3.05, 3.63) is 83.8 Å². The number of nitrogens with zero attached hydrogens (tertiary/aromatic N) is 2. The summed E-state index contributed by atoms with van der Waals surface area (Å²) >= 11 is 0. The number of hydrazone groups is 1. The summed E-state index contributed by atoms with van der Waals surface area (Å²) in [7, 11) is 1.60. The molecular formula is C25H25N3O6. The summed E-state index contributed by atoms with van der Waals surface area (Å²) < 4.78 is 16.1. The van der Waals surface area contributed by atoms with E-state index in [1.54, 1.807) is 49.8 Å². The van der Waals surface area contributed by atoms with Crippen LogP contribution < -0.4 is 10.1 Å². The smallest absolute Gasteiger partial charge is 0.340 e. The van der Waals surface area contributed by atoms with E-state index in [-0.39, 0.29) is 18.7 Å².